The number of fused-ring (bicyclic) bond motifs is 1. The van der Waals surface area contributed by atoms with Crippen LogP contribution in [0.1, 0.15) is 34.5 Å². The second-order valence-corrected chi connectivity index (χ2v) is 6.00. The van der Waals surface area contributed by atoms with Crippen molar-refractivity contribution >= 4 is 5.97 Å². The van der Waals surface area contributed by atoms with E-state index in [1.165, 1.54) is 4.68 Å². The highest BCUT2D eigenvalue weighted by molar-refractivity contribution is 5.66. The third kappa shape index (κ3) is 2.65. The first-order valence-corrected chi connectivity index (χ1v) is 7.66. The summed E-state index contributed by atoms with van der Waals surface area (Å²) in [4.78, 5) is 10.9. The maximum atomic E-state index is 10.9. The molecule has 0 aliphatic heterocycles. The maximum Gasteiger partial charge on any atom is 0.325 e. The van der Waals surface area contributed by atoms with Crippen LogP contribution in [0, 0.1) is 20.8 Å². The Morgan fingerprint density at radius 2 is 2.00 bits per heavy atom. The summed E-state index contributed by atoms with van der Waals surface area (Å²) in [6, 6.07) is 1.84. The van der Waals surface area contributed by atoms with E-state index in [0.717, 1.165) is 41.7 Å². The Balaban J connectivity index is 2.01. The Morgan fingerprint density at radius 3 is 2.70 bits per heavy atom. The van der Waals surface area contributed by atoms with E-state index in [-0.39, 0.29) is 6.54 Å². The number of carboxylic acid groups (broad SMARTS) is 1. The van der Waals surface area contributed by atoms with Crippen LogP contribution in [0.3, 0.4) is 0 Å². The largest absolute Gasteiger partial charge is 0.507 e. The predicted octanol–water partition coefficient (Wildman–Crippen LogP) is 2.88. The van der Waals surface area contributed by atoms with Gasteiger partial charge < -0.3 is 14.9 Å². The van der Waals surface area contributed by atoms with Gasteiger partial charge in [-0.25, -0.2) is 0 Å². The second kappa shape index (κ2) is 5.61. The van der Waals surface area contributed by atoms with E-state index in [1.54, 1.807) is 13.8 Å². The molecule has 122 valence electrons. The lowest BCUT2D eigenvalue weighted by atomic mass is 10.0. The van der Waals surface area contributed by atoms with Crippen molar-refractivity contribution in [1.29, 1.82) is 0 Å². The predicted molar refractivity (Wildman–Crippen MR) is 84.3 cm³/mol. The Labute approximate surface area is 134 Å². The van der Waals surface area contributed by atoms with E-state index in [4.69, 9.17) is 9.84 Å². The first kappa shape index (κ1) is 15.4. The molecule has 23 heavy (non-hydrogen) atoms. The van der Waals surface area contributed by atoms with Gasteiger partial charge in [-0.1, -0.05) is 0 Å². The van der Waals surface area contributed by atoms with Gasteiger partial charge in [0.05, 0.1) is 5.69 Å². The molecule has 0 radical (unpaired) electrons. The summed E-state index contributed by atoms with van der Waals surface area (Å²) in [5.74, 6) is 0.739. The number of aromatic nitrogens is 2. The molecular formula is C17H20N2O4. The molecule has 3 rings (SSSR count). The minimum Gasteiger partial charge on any atom is -0.507 e. The number of carbonyl (C=O) groups is 1. The van der Waals surface area contributed by atoms with Gasteiger partial charge in [-0.15, -0.1) is 0 Å². The van der Waals surface area contributed by atoms with Gasteiger partial charge in [0.2, 0.25) is 0 Å². The number of aromatic hydroxyl groups is 1. The molecule has 1 aliphatic rings. The number of nitrogens with zero attached hydrogens (tertiary/aromatic N) is 2. The topological polar surface area (TPSA) is 84.6 Å². The van der Waals surface area contributed by atoms with Crippen molar-refractivity contribution in [3.8, 4) is 17.2 Å². The molecular weight excluding hydrogens is 296 g/mol. The van der Waals surface area contributed by atoms with Crippen molar-refractivity contribution in [3.05, 3.63) is 34.1 Å². The molecule has 0 saturated heterocycles. The summed E-state index contributed by atoms with van der Waals surface area (Å²) in [6.07, 6.45) is 2.73. The normalized spacial score (nSPS) is 13.2. The van der Waals surface area contributed by atoms with Crippen molar-refractivity contribution in [3.63, 3.8) is 0 Å². The molecule has 0 fully saturated rings. The molecule has 0 unspecified atom stereocenters. The number of aryl methyl sites for hydroxylation is 2. The lowest BCUT2D eigenvalue weighted by Crippen LogP contribution is -2.11. The van der Waals surface area contributed by atoms with Crippen LogP contribution in [0.2, 0.25) is 0 Å². The monoisotopic (exact) mass is 316 g/mol. The van der Waals surface area contributed by atoms with Crippen LogP contribution in [0.15, 0.2) is 6.07 Å². The number of rotatable bonds is 4. The van der Waals surface area contributed by atoms with Gasteiger partial charge in [-0.3, -0.25) is 9.48 Å². The van der Waals surface area contributed by atoms with E-state index in [2.05, 4.69) is 5.10 Å². The highest BCUT2D eigenvalue weighted by Gasteiger charge is 2.23. The van der Waals surface area contributed by atoms with Crippen LogP contribution in [-0.4, -0.2) is 26.0 Å². The standard InChI is InChI=1S/C17H20N2O4/c1-9-7-14(12-5-4-6-13(12)16(9)22)23-17-10(2)18-19(11(17)3)8-15(20)21/h7,22H,4-6,8H2,1-3H3,(H,20,21). The summed E-state index contributed by atoms with van der Waals surface area (Å²) in [7, 11) is 0. The van der Waals surface area contributed by atoms with Crippen LogP contribution in [0.25, 0.3) is 0 Å². The van der Waals surface area contributed by atoms with E-state index in [1.807, 2.05) is 13.0 Å². The van der Waals surface area contributed by atoms with Crippen LogP contribution < -0.4 is 4.74 Å². The number of benzene rings is 1. The average molecular weight is 316 g/mol. The zero-order chi connectivity index (χ0) is 16.7. The molecule has 0 bridgehead atoms. The summed E-state index contributed by atoms with van der Waals surface area (Å²) < 4.78 is 7.52. The number of aliphatic carboxylic acids is 1. The van der Waals surface area contributed by atoms with Gasteiger partial charge in [-0.2, -0.15) is 5.10 Å². The Bertz CT molecular complexity index is 793. The summed E-state index contributed by atoms with van der Waals surface area (Å²) in [6.45, 7) is 5.26. The number of hydrogen-bond acceptors (Lipinski definition) is 4. The number of phenolic OH excluding ortho intramolecular Hbond substituents is 1. The van der Waals surface area contributed by atoms with Crippen LogP contribution >= 0.6 is 0 Å². The van der Waals surface area contributed by atoms with Gasteiger partial charge >= 0.3 is 5.97 Å². The fraction of sp³-hybridized carbons (Fsp3) is 0.412. The molecule has 6 nitrogen and oxygen atoms in total. The smallest absolute Gasteiger partial charge is 0.325 e. The van der Waals surface area contributed by atoms with Gasteiger partial charge in [0, 0.05) is 11.1 Å². The van der Waals surface area contributed by atoms with Gasteiger partial charge in [-0.05, 0) is 51.7 Å². The molecule has 2 N–H and O–H groups in total. The molecule has 0 saturated carbocycles. The zero-order valence-electron chi connectivity index (χ0n) is 13.5. The second-order valence-electron chi connectivity index (χ2n) is 6.00. The minimum atomic E-state index is -0.941. The van der Waals surface area contributed by atoms with Crippen molar-refractivity contribution in [2.24, 2.45) is 0 Å². The van der Waals surface area contributed by atoms with E-state index < -0.39 is 5.97 Å². The molecule has 0 amide bonds. The number of carboxylic acids is 1. The lowest BCUT2D eigenvalue weighted by molar-refractivity contribution is -0.137. The van der Waals surface area contributed by atoms with Crippen LogP contribution in [0.4, 0.5) is 0 Å². The summed E-state index contributed by atoms with van der Waals surface area (Å²) in [5.41, 5.74) is 4.13. The highest BCUT2D eigenvalue weighted by atomic mass is 16.5. The summed E-state index contributed by atoms with van der Waals surface area (Å²) >= 11 is 0. The molecule has 1 aromatic heterocycles. The molecule has 2 aromatic rings. The van der Waals surface area contributed by atoms with E-state index in [0.29, 0.717) is 22.9 Å². The van der Waals surface area contributed by atoms with Crippen molar-refractivity contribution < 1.29 is 19.7 Å². The highest BCUT2D eigenvalue weighted by Crippen LogP contribution is 2.41. The first-order chi connectivity index (χ1) is 10.9. The Hall–Kier alpha value is -2.50. The number of ether oxygens (including phenoxy) is 1. The number of hydrogen-bond donors (Lipinski definition) is 2. The summed E-state index contributed by atoms with van der Waals surface area (Å²) in [5, 5.41) is 23.4. The Morgan fingerprint density at radius 1 is 1.30 bits per heavy atom. The fourth-order valence-electron chi connectivity index (χ4n) is 3.18. The molecule has 1 aliphatic carbocycles. The van der Waals surface area contributed by atoms with Gasteiger partial charge in [0.15, 0.2) is 5.75 Å². The molecule has 6 heteroatoms. The van der Waals surface area contributed by atoms with Crippen molar-refractivity contribution in [2.45, 2.75) is 46.6 Å². The van der Waals surface area contributed by atoms with Crippen molar-refractivity contribution in [2.75, 3.05) is 0 Å². The first-order valence-electron chi connectivity index (χ1n) is 7.66. The lowest BCUT2D eigenvalue weighted by Gasteiger charge is -2.14. The van der Waals surface area contributed by atoms with E-state index >= 15 is 0 Å². The van der Waals surface area contributed by atoms with Crippen LogP contribution in [0.5, 0.6) is 17.2 Å². The SMILES string of the molecule is Cc1cc(Oc2c(C)nn(CC(=O)O)c2C)c2c(c1O)CCC2. The minimum absolute atomic E-state index is 0.192. The van der Waals surface area contributed by atoms with Gasteiger partial charge in [0.25, 0.3) is 0 Å². The molecule has 0 atom stereocenters. The average Bonchev–Trinajstić information content (AvgIpc) is 3.05. The Kier molecular flexibility index (Phi) is 3.75. The number of phenols is 1. The van der Waals surface area contributed by atoms with Crippen LogP contribution in [-0.2, 0) is 24.2 Å². The van der Waals surface area contributed by atoms with Gasteiger partial charge in [0.1, 0.15) is 23.7 Å². The molecule has 0 spiro atoms. The molecule has 1 heterocycles. The third-order valence-electron chi connectivity index (χ3n) is 4.33. The zero-order valence-corrected chi connectivity index (χ0v) is 13.5. The fourth-order valence-corrected chi connectivity index (χ4v) is 3.18. The van der Waals surface area contributed by atoms with Crippen molar-refractivity contribution in [1.82, 2.24) is 9.78 Å². The van der Waals surface area contributed by atoms with E-state index in [9.17, 15) is 9.90 Å². The quantitative estimate of drug-likeness (QED) is 0.906. The maximum absolute atomic E-state index is 10.9. The third-order valence-corrected chi connectivity index (χ3v) is 4.33. The molecule has 1 aromatic carbocycles.